The average molecular weight is 268 g/mol. The van der Waals surface area contributed by atoms with Gasteiger partial charge in [0.15, 0.2) is 0 Å². The number of benzene rings is 2. The Hall–Kier alpha value is -1.65. The molecule has 18 heavy (non-hydrogen) atoms. The van der Waals surface area contributed by atoms with Crippen LogP contribution >= 0.6 is 7.28 Å². The molecule has 2 rings (SSSR count). The van der Waals surface area contributed by atoms with Crippen LogP contribution in [0.5, 0.6) is 11.5 Å². The molecule has 5 nitrogen and oxygen atoms in total. The van der Waals surface area contributed by atoms with Crippen LogP contribution in [0, 0.1) is 0 Å². The number of aromatic hydroxyl groups is 2. The minimum absolute atomic E-state index is 0.121. The molecule has 2 aromatic carbocycles. The molecule has 0 aliphatic heterocycles. The Balaban J connectivity index is 2.70. The predicted octanol–water partition coefficient (Wildman–Crippen LogP) is 0.324. The molecule has 0 amide bonds. The zero-order valence-corrected chi connectivity index (χ0v) is 10.2. The first kappa shape index (κ1) is 12.8. The zero-order chi connectivity index (χ0) is 13.4. The first-order valence-electron chi connectivity index (χ1n) is 5.15. The molecule has 2 aromatic rings. The molecule has 0 aliphatic rings. The van der Waals surface area contributed by atoms with E-state index in [-0.39, 0.29) is 5.30 Å². The molecule has 0 saturated carbocycles. The molecule has 0 spiro atoms. The van der Waals surface area contributed by atoms with Crippen LogP contribution in [-0.2, 0) is 0 Å². The summed E-state index contributed by atoms with van der Waals surface area (Å²) in [4.78, 5) is 30.6. The van der Waals surface area contributed by atoms with Crippen LogP contribution in [0.2, 0.25) is 0 Å². The van der Waals surface area contributed by atoms with Gasteiger partial charge in [0.25, 0.3) is 0 Å². The summed E-state index contributed by atoms with van der Waals surface area (Å²) in [5.74, 6) is -1.28. The Labute approximate surface area is 103 Å². The molecular weight excluding hydrogens is 255 g/mol. The SMILES string of the molecule is Oc1cccc(P(O)(O)(O)c2ccccc2)c1O. The summed E-state index contributed by atoms with van der Waals surface area (Å²) in [6.45, 7) is 0. The van der Waals surface area contributed by atoms with E-state index in [1.54, 1.807) is 6.07 Å². The molecule has 0 atom stereocenters. The average Bonchev–Trinajstić information content (AvgIpc) is 2.33. The van der Waals surface area contributed by atoms with Crippen molar-refractivity contribution in [1.82, 2.24) is 0 Å². The Morgan fingerprint density at radius 3 is 1.94 bits per heavy atom. The van der Waals surface area contributed by atoms with E-state index in [4.69, 9.17) is 0 Å². The fourth-order valence-electron chi connectivity index (χ4n) is 1.69. The van der Waals surface area contributed by atoms with Crippen molar-refractivity contribution in [3.05, 3.63) is 48.5 Å². The van der Waals surface area contributed by atoms with Gasteiger partial charge in [-0.3, -0.25) is 0 Å². The fraction of sp³-hybridized carbons (Fsp3) is 0. The van der Waals surface area contributed by atoms with E-state index < -0.39 is 24.1 Å². The standard InChI is InChI=1S/C12H13O5P/c13-10-7-4-8-11(12(10)14)18(15,16,17)9-5-2-1-3-6-9/h1-8,13-17H. The molecule has 0 radical (unpaired) electrons. The van der Waals surface area contributed by atoms with Gasteiger partial charge in [-0.25, -0.2) is 0 Å². The normalized spacial score (nSPS) is 13.8. The number of hydrogen-bond donors (Lipinski definition) is 5. The van der Waals surface area contributed by atoms with Gasteiger partial charge < -0.3 is 0 Å². The molecule has 0 fully saturated rings. The van der Waals surface area contributed by atoms with E-state index in [0.717, 1.165) is 6.07 Å². The number of para-hydroxylation sites is 1. The summed E-state index contributed by atoms with van der Waals surface area (Å²) in [7, 11) is -5.42. The zero-order valence-electron chi connectivity index (χ0n) is 9.30. The maximum atomic E-state index is 10.2. The Morgan fingerprint density at radius 2 is 1.33 bits per heavy atom. The molecular formula is C12H13O5P. The summed E-state index contributed by atoms with van der Waals surface area (Å²) < 4.78 is 0. The first-order chi connectivity index (χ1) is 8.31. The summed E-state index contributed by atoms with van der Waals surface area (Å²) in [5, 5.41) is 18.4. The van der Waals surface area contributed by atoms with Crippen molar-refractivity contribution in [2.24, 2.45) is 0 Å². The Morgan fingerprint density at radius 1 is 0.722 bits per heavy atom. The van der Waals surface area contributed by atoms with Crippen molar-refractivity contribution in [2.45, 2.75) is 0 Å². The van der Waals surface area contributed by atoms with Crippen LogP contribution in [0.4, 0.5) is 0 Å². The van der Waals surface area contributed by atoms with E-state index in [9.17, 15) is 24.9 Å². The molecule has 96 valence electrons. The van der Waals surface area contributed by atoms with Crippen LogP contribution in [0.1, 0.15) is 0 Å². The van der Waals surface area contributed by atoms with E-state index in [0.29, 0.717) is 0 Å². The number of phenolic OH excluding ortho intramolecular Hbond substituents is 2. The quantitative estimate of drug-likeness (QED) is 0.399. The second-order valence-corrected chi connectivity index (χ2v) is 6.92. The Bertz CT molecular complexity index is 574. The summed E-state index contributed by atoms with van der Waals surface area (Å²) >= 11 is 0. The molecule has 0 saturated heterocycles. The monoisotopic (exact) mass is 268 g/mol. The van der Waals surface area contributed by atoms with E-state index in [1.807, 2.05) is 0 Å². The van der Waals surface area contributed by atoms with Crippen molar-refractivity contribution >= 4 is 17.9 Å². The van der Waals surface area contributed by atoms with Gasteiger partial charge in [-0.2, -0.15) is 0 Å². The third kappa shape index (κ3) is 1.94. The van der Waals surface area contributed by atoms with Gasteiger partial charge in [-0.05, 0) is 0 Å². The van der Waals surface area contributed by atoms with Gasteiger partial charge >= 0.3 is 103 Å². The molecule has 0 unspecified atom stereocenters. The van der Waals surface area contributed by atoms with Crippen molar-refractivity contribution in [3.8, 4) is 11.5 Å². The first-order valence-corrected chi connectivity index (χ1v) is 7.24. The van der Waals surface area contributed by atoms with Crippen molar-refractivity contribution in [3.63, 3.8) is 0 Å². The summed E-state index contributed by atoms with van der Waals surface area (Å²) in [5.41, 5.74) is 0. The predicted molar refractivity (Wildman–Crippen MR) is 69.1 cm³/mol. The van der Waals surface area contributed by atoms with Crippen molar-refractivity contribution in [2.75, 3.05) is 0 Å². The molecule has 0 bridgehead atoms. The van der Waals surface area contributed by atoms with Gasteiger partial charge in [0, 0.05) is 0 Å². The molecule has 0 aromatic heterocycles. The number of hydrogen-bond acceptors (Lipinski definition) is 5. The minimum atomic E-state index is -5.42. The van der Waals surface area contributed by atoms with E-state index in [2.05, 4.69) is 0 Å². The number of rotatable bonds is 2. The molecule has 0 heterocycles. The van der Waals surface area contributed by atoms with Crippen LogP contribution in [0.25, 0.3) is 0 Å². The molecule has 5 N–H and O–H groups in total. The van der Waals surface area contributed by atoms with Crippen molar-refractivity contribution < 1.29 is 24.9 Å². The fourth-order valence-corrected chi connectivity index (χ4v) is 3.56. The van der Waals surface area contributed by atoms with Gasteiger partial charge in [0.2, 0.25) is 0 Å². The van der Waals surface area contributed by atoms with Crippen LogP contribution in [0.15, 0.2) is 48.5 Å². The second-order valence-electron chi connectivity index (χ2n) is 3.96. The summed E-state index contributed by atoms with van der Waals surface area (Å²) in [6, 6.07) is 11.0. The van der Waals surface area contributed by atoms with Crippen molar-refractivity contribution in [1.29, 1.82) is 0 Å². The van der Waals surface area contributed by atoms with E-state index in [1.165, 1.54) is 36.4 Å². The molecule has 0 aliphatic carbocycles. The molecule has 6 heteroatoms. The third-order valence-electron chi connectivity index (χ3n) is 2.67. The van der Waals surface area contributed by atoms with Crippen LogP contribution in [0.3, 0.4) is 0 Å². The number of phenols is 2. The van der Waals surface area contributed by atoms with Gasteiger partial charge in [0.1, 0.15) is 0 Å². The van der Waals surface area contributed by atoms with Crippen LogP contribution in [-0.4, -0.2) is 24.9 Å². The Kier molecular flexibility index (Phi) is 2.80. The van der Waals surface area contributed by atoms with Gasteiger partial charge in [0.05, 0.1) is 0 Å². The van der Waals surface area contributed by atoms with Gasteiger partial charge in [-0.15, -0.1) is 0 Å². The topological polar surface area (TPSA) is 101 Å². The third-order valence-corrected chi connectivity index (χ3v) is 5.17. The van der Waals surface area contributed by atoms with Crippen LogP contribution < -0.4 is 10.6 Å². The second kappa shape index (κ2) is 3.93. The summed E-state index contributed by atoms with van der Waals surface area (Å²) in [6.07, 6.45) is 0. The van der Waals surface area contributed by atoms with Gasteiger partial charge in [-0.1, -0.05) is 0 Å². The van der Waals surface area contributed by atoms with E-state index >= 15 is 0 Å². The maximum absolute atomic E-state index is 10.2.